The standard InChI is InChI=1S/C26H23FINO4/c1-4-32-25-13-18(10-20(15-29)19-8-9-23(30-2)24(14-19)31-3)12-22(28)26(25)33-16-17-6-5-7-21(27)11-17/h5-14H,4,16H2,1-3H3/b20-10+. The molecule has 170 valence electrons. The molecule has 0 bridgehead atoms. The first-order valence-corrected chi connectivity index (χ1v) is 11.2. The van der Waals surface area contributed by atoms with Crippen LogP contribution in [0.3, 0.4) is 0 Å². The molecule has 33 heavy (non-hydrogen) atoms. The van der Waals surface area contributed by atoms with Crippen molar-refractivity contribution < 1.29 is 23.3 Å². The smallest absolute Gasteiger partial charge is 0.175 e. The lowest BCUT2D eigenvalue weighted by Gasteiger charge is -2.15. The van der Waals surface area contributed by atoms with Crippen LogP contribution in [0.5, 0.6) is 23.0 Å². The Morgan fingerprint density at radius 3 is 2.45 bits per heavy atom. The van der Waals surface area contributed by atoms with Gasteiger partial charge in [-0.1, -0.05) is 12.1 Å². The average Bonchev–Trinajstić information content (AvgIpc) is 2.81. The van der Waals surface area contributed by atoms with Crippen LogP contribution in [0.1, 0.15) is 23.6 Å². The molecule has 0 atom stereocenters. The molecular formula is C26H23FINO4. The SMILES string of the molecule is CCOc1cc(/C=C(\C#N)c2ccc(OC)c(OC)c2)cc(I)c1OCc1cccc(F)c1. The monoisotopic (exact) mass is 559 g/mol. The molecule has 0 radical (unpaired) electrons. The van der Waals surface area contributed by atoms with E-state index in [1.54, 1.807) is 50.6 Å². The summed E-state index contributed by atoms with van der Waals surface area (Å²) in [4.78, 5) is 0. The van der Waals surface area contributed by atoms with Gasteiger partial charge in [-0.05, 0) is 94.7 Å². The zero-order chi connectivity index (χ0) is 23.8. The quantitative estimate of drug-likeness (QED) is 0.171. The summed E-state index contributed by atoms with van der Waals surface area (Å²) in [6.07, 6.45) is 1.78. The van der Waals surface area contributed by atoms with Crippen LogP contribution in [-0.4, -0.2) is 20.8 Å². The average molecular weight is 559 g/mol. The van der Waals surface area contributed by atoms with Crippen molar-refractivity contribution in [2.75, 3.05) is 20.8 Å². The number of nitriles is 1. The van der Waals surface area contributed by atoms with E-state index >= 15 is 0 Å². The van der Waals surface area contributed by atoms with E-state index < -0.39 is 0 Å². The molecule has 3 aromatic carbocycles. The molecule has 0 aliphatic heterocycles. The summed E-state index contributed by atoms with van der Waals surface area (Å²) in [5.41, 5.74) is 2.67. The van der Waals surface area contributed by atoms with Crippen LogP contribution in [0.15, 0.2) is 54.6 Å². The van der Waals surface area contributed by atoms with Gasteiger partial charge in [0.15, 0.2) is 23.0 Å². The topological polar surface area (TPSA) is 60.7 Å². The highest BCUT2D eigenvalue weighted by Crippen LogP contribution is 2.37. The molecule has 0 aliphatic carbocycles. The minimum absolute atomic E-state index is 0.206. The highest BCUT2D eigenvalue weighted by molar-refractivity contribution is 14.1. The first-order chi connectivity index (χ1) is 16.0. The first-order valence-electron chi connectivity index (χ1n) is 10.2. The Bertz CT molecular complexity index is 1200. The Kier molecular flexibility index (Phi) is 8.55. The van der Waals surface area contributed by atoms with Gasteiger partial charge in [0.05, 0.1) is 36.0 Å². The lowest BCUT2D eigenvalue weighted by molar-refractivity contribution is 0.267. The number of benzene rings is 3. The summed E-state index contributed by atoms with van der Waals surface area (Å²) in [5.74, 6) is 1.95. The van der Waals surface area contributed by atoms with Crippen molar-refractivity contribution in [2.24, 2.45) is 0 Å². The Labute approximate surface area is 206 Å². The second-order valence-corrected chi connectivity index (χ2v) is 8.08. The highest BCUT2D eigenvalue weighted by Gasteiger charge is 2.14. The normalized spacial score (nSPS) is 11.0. The zero-order valence-corrected chi connectivity index (χ0v) is 20.7. The van der Waals surface area contributed by atoms with Crippen molar-refractivity contribution in [3.63, 3.8) is 0 Å². The largest absolute Gasteiger partial charge is 0.493 e. The van der Waals surface area contributed by atoms with Crippen molar-refractivity contribution in [3.05, 3.63) is 80.7 Å². The van der Waals surface area contributed by atoms with E-state index in [2.05, 4.69) is 28.7 Å². The van der Waals surface area contributed by atoms with Gasteiger partial charge in [0.25, 0.3) is 0 Å². The summed E-state index contributed by atoms with van der Waals surface area (Å²) in [5, 5.41) is 9.78. The number of hydrogen-bond donors (Lipinski definition) is 0. The number of rotatable bonds is 9. The lowest BCUT2D eigenvalue weighted by Crippen LogP contribution is -2.02. The fraction of sp³-hybridized carbons (Fsp3) is 0.192. The van der Waals surface area contributed by atoms with Crippen LogP contribution in [-0.2, 0) is 6.61 Å². The predicted molar refractivity (Wildman–Crippen MR) is 134 cm³/mol. The van der Waals surface area contributed by atoms with Crippen molar-refractivity contribution in [1.82, 2.24) is 0 Å². The molecule has 3 rings (SSSR count). The van der Waals surface area contributed by atoms with Crippen LogP contribution >= 0.6 is 22.6 Å². The van der Waals surface area contributed by atoms with E-state index in [1.807, 2.05) is 19.1 Å². The highest BCUT2D eigenvalue weighted by atomic mass is 127. The van der Waals surface area contributed by atoms with Gasteiger partial charge >= 0.3 is 0 Å². The van der Waals surface area contributed by atoms with E-state index in [0.29, 0.717) is 40.7 Å². The number of ether oxygens (including phenoxy) is 4. The van der Waals surface area contributed by atoms with E-state index in [4.69, 9.17) is 18.9 Å². The summed E-state index contributed by atoms with van der Waals surface area (Å²) >= 11 is 2.17. The second kappa shape index (κ2) is 11.6. The molecule has 0 fully saturated rings. The Morgan fingerprint density at radius 2 is 1.79 bits per heavy atom. The van der Waals surface area contributed by atoms with Gasteiger partial charge in [-0.15, -0.1) is 0 Å². The maximum atomic E-state index is 13.5. The molecular weight excluding hydrogens is 536 g/mol. The van der Waals surface area contributed by atoms with Gasteiger partial charge in [0.2, 0.25) is 0 Å². The number of nitrogens with zero attached hydrogens (tertiary/aromatic N) is 1. The molecule has 3 aromatic rings. The van der Waals surface area contributed by atoms with Crippen molar-refractivity contribution in [1.29, 1.82) is 5.26 Å². The molecule has 0 N–H and O–H groups in total. The molecule has 0 spiro atoms. The molecule has 0 aliphatic rings. The van der Waals surface area contributed by atoms with E-state index in [9.17, 15) is 9.65 Å². The first kappa shape index (κ1) is 24.4. The second-order valence-electron chi connectivity index (χ2n) is 6.92. The number of methoxy groups -OCH3 is 2. The third-order valence-corrected chi connectivity index (χ3v) is 5.53. The molecule has 0 saturated carbocycles. The fourth-order valence-corrected chi connectivity index (χ4v) is 3.99. The molecule has 0 heterocycles. The molecule has 5 nitrogen and oxygen atoms in total. The summed E-state index contributed by atoms with van der Waals surface area (Å²) in [7, 11) is 3.12. The molecule has 7 heteroatoms. The zero-order valence-electron chi connectivity index (χ0n) is 18.5. The van der Waals surface area contributed by atoms with Crippen LogP contribution in [0.25, 0.3) is 11.6 Å². The number of hydrogen-bond acceptors (Lipinski definition) is 5. The van der Waals surface area contributed by atoms with Crippen LogP contribution in [0.4, 0.5) is 4.39 Å². The third-order valence-electron chi connectivity index (χ3n) is 4.73. The van der Waals surface area contributed by atoms with Gasteiger partial charge in [0, 0.05) is 0 Å². The Hall–Kier alpha value is -3.25. The molecule has 0 unspecified atom stereocenters. The van der Waals surface area contributed by atoms with Crippen molar-refractivity contribution in [2.45, 2.75) is 13.5 Å². The third kappa shape index (κ3) is 6.17. The van der Waals surface area contributed by atoms with Gasteiger partial charge in [0.1, 0.15) is 12.4 Å². The maximum absolute atomic E-state index is 13.5. The molecule has 0 amide bonds. The summed E-state index contributed by atoms with van der Waals surface area (Å²) < 4.78 is 36.7. The van der Waals surface area contributed by atoms with E-state index in [-0.39, 0.29) is 12.4 Å². The van der Waals surface area contributed by atoms with Gasteiger partial charge < -0.3 is 18.9 Å². The van der Waals surface area contributed by atoms with Crippen LogP contribution in [0, 0.1) is 20.7 Å². The minimum atomic E-state index is -0.310. The Morgan fingerprint density at radius 1 is 1.00 bits per heavy atom. The van der Waals surface area contributed by atoms with E-state index in [0.717, 1.165) is 14.7 Å². The lowest BCUT2D eigenvalue weighted by atomic mass is 10.0. The van der Waals surface area contributed by atoms with Crippen LogP contribution in [0.2, 0.25) is 0 Å². The number of allylic oxidation sites excluding steroid dienone is 1. The fourth-order valence-electron chi connectivity index (χ4n) is 3.21. The summed E-state index contributed by atoms with van der Waals surface area (Å²) in [6, 6.07) is 17.6. The predicted octanol–water partition coefficient (Wildman–Crippen LogP) is 6.49. The maximum Gasteiger partial charge on any atom is 0.175 e. The van der Waals surface area contributed by atoms with Crippen LogP contribution < -0.4 is 18.9 Å². The van der Waals surface area contributed by atoms with E-state index in [1.165, 1.54) is 12.1 Å². The van der Waals surface area contributed by atoms with Crippen molar-refractivity contribution in [3.8, 4) is 29.1 Å². The molecule has 0 aromatic heterocycles. The summed E-state index contributed by atoms with van der Waals surface area (Å²) in [6.45, 7) is 2.54. The van der Waals surface area contributed by atoms with Gasteiger partial charge in [-0.2, -0.15) is 5.26 Å². The molecule has 0 saturated heterocycles. The van der Waals surface area contributed by atoms with Crippen molar-refractivity contribution >= 4 is 34.2 Å². The number of halogens is 2. The Balaban J connectivity index is 1.94. The van der Waals surface area contributed by atoms with Gasteiger partial charge in [-0.25, -0.2) is 4.39 Å². The van der Waals surface area contributed by atoms with Gasteiger partial charge in [-0.3, -0.25) is 0 Å². The minimum Gasteiger partial charge on any atom is -0.493 e.